The molecule has 6 nitrogen and oxygen atoms in total. The van der Waals surface area contributed by atoms with Crippen LogP contribution >= 0.6 is 0 Å². The van der Waals surface area contributed by atoms with Crippen molar-refractivity contribution in [1.29, 1.82) is 0 Å². The molecule has 6 heteroatoms. The van der Waals surface area contributed by atoms with E-state index in [4.69, 9.17) is 21.4 Å². The second kappa shape index (κ2) is 6.12. The summed E-state index contributed by atoms with van der Waals surface area (Å²) in [7, 11) is 0. The van der Waals surface area contributed by atoms with E-state index >= 15 is 0 Å². The van der Waals surface area contributed by atoms with Gasteiger partial charge in [0.25, 0.3) is 0 Å². The molecule has 1 aromatic carbocycles. The first kappa shape index (κ1) is 16.7. The van der Waals surface area contributed by atoms with Crippen LogP contribution in [0.25, 0.3) is 28.2 Å². The summed E-state index contributed by atoms with van der Waals surface area (Å²) in [5.41, 5.74) is 19.9. The summed E-state index contributed by atoms with van der Waals surface area (Å²) >= 11 is 0. The summed E-state index contributed by atoms with van der Waals surface area (Å²) in [6, 6.07) is 12.6. The molecular formula is C23H22N6. The molecule has 0 bridgehead atoms. The number of hydrogen-bond acceptors (Lipinski definition) is 5. The quantitative estimate of drug-likeness (QED) is 0.560. The number of imidazole rings is 1. The van der Waals surface area contributed by atoms with Crippen molar-refractivity contribution in [2.45, 2.75) is 37.6 Å². The molecule has 0 aliphatic heterocycles. The Balaban J connectivity index is 1.61. The van der Waals surface area contributed by atoms with Gasteiger partial charge in [-0.1, -0.05) is 6.07 Å². The number of anilines is 1. The third-order valence-corrected chi connectivity index (χ3v) is 6.16. The van der Waals surface area contributed by atoms with Crippen LogP contribution in [0.4, 0.5) is 5.82 Å². The molecule has 2 aliphatic carbocycles. The molecule has 3 aromatic heterocycles. The lowest BCUT2D eigenvalue weighted by Crippen LogP contribution is -2.06. The first-order valence-electron chi connectivity index (χ1n) is 10.2. The van der Waals surface area contributed by atoms with E-state index in [9.17, 15) is 0 Å². The van der Waals surface area contributed by atoms with Gasteiger partial charge in [-0.2, -0.15) is 0 Å². The van der Waals surface area contributed by atoms with Crippen LogP contribution in [-0.4, -0.2) is 19.5 Å². The van der Waals surface area contributed by atoms with Crippen LogP contribution in [0.1, 0.15) is 47.9 Å². The third kappa shape index (κ3) is 2.63. The molecule has 6 rings (SSSR count). The Labute approximate surface area is 168 Å². The molecule has 0 amide bonds. The minimum Gasteiger partial charge on any atom is -0.383 e. The van der Waals surface area contributed by atoms with E-state index in [1.165, 1.54) is 29.5 Å². The van der Waals surface area contributed by atoms with Crippen molar-refractivity contribution in [2.24, 2.45) is 5.73 Å². The van der Waals surface area contributed by atoms with E-state index in [1.807, 2.05) is 18.3 Å². The van der Waals surface area contributed by atoms with Gasteiger partial charge in [0, 0.05) is 24.1 Å². The lowest BCUT2D eigenvalue weighted by Gasteiger charge is -2.12. The third-order valence-electron chi connectivity index (χ3n) is 6.16. The molecule has 1 fully saturated rings. The maximum atomic E-state index is 6.24. The van der Waals surface area contributed by atoms with Gasteiger partial charge in [0.15, 0.2) is 11.5 Å². The predicted molar refractivity (Wildman–Crippen MR) is 114 cm³/mol. The Kier molecular flexibility index (Phi) is 3.52. The summed E-state index contributed by atoms with van der Waals surface area (Å²) in [6.45, 7) is 0. The van der Waals surface area contributed by atoms with Crippen molar-refractivity contribution in [3.63, 3.8) is 0 Å². The van der Waals surface area contributed by atoms with Crippen molar-refractivity contribution in [1.82, 2.24) is 19.5 Å². The highest BCUT2D eigenvalue weighted by Crippen LogP contribution is 2.41. The minimum absolute atomic E-state index is 0.131. The summed E-state index contributed by atoms with van der Waals surface area (Å²) in [5, 5.41) is 0. The SMILES string of the molecule is Nc1ncccc1-c1nc2cc(C3CC3)cnc2n1-c1ccc2c(c1)CC[C@@H]2N. The molecule has 0 saturated heterocycles. The zero-order chi connectivity index (χ0) is 19.5. The molecule has 1 saturated carbocycles. The van der Waals surface area contributed by atoms with Crippen molar-refractivity contribution >= 4 is 17.0 Å². The number of benzene rings is 1. The summed E-state index contributed by atoms with van der Waals surface area (Å²) in [4.78, 5) is 14.0. The van der Waals surface area contributed by atoms with Gasteiger partial charge in [-0.15, -0.1) is 0 Å². The van der Waals surface area contributed by atoms with E-state index in [-0.39, 0.29) is 6.04 Å². The molecule has 4 aromatic rings. The number of hydrogen-bond donors (Lipinski definition) is 2. The number of fused-ring (bicyclic) bond motifs is 2. The molecule has 0 spiro atoms. The van der Waals surface area contributed by atoms with Gasteiger partial charge in [-0.3, -0.25) is 4.57 Å². The fourth-order valence-corrected chi connectivity index (χ4v) is 4.43. The highest BCUT2D eigenvalue weighted by molar-refractivity contribution is 5.83. The average molecular weight is 382 g/mol. The van der Waals surface area contributed by atoms with Crippen LogP contribution in [-0.2, 0) is 6.42 Å². The Bertz CT molecular complexity index is 1250. The van der Waals surface area contributed by atoms with E-state index in [0.29, 0.717) is 11.7 Å². The maximum Gasteiger partial charge on any atom is 0.164 e. The molecule has 3 heterocycles. The molecular weight excluding hydrogens is 360 g/mol. The standard InChI is InChI=1S/C23H22N6/c24-19-8-5-14-10-16(6-7-17(14)19)29-22(18-2-1-9-26-21(18)25)28-20-11-15(13-3-4-13)12-27-23(20)29/h1-2,6-7,9-13,19H,3-5,8,24H2,(H2,25,26)/t19-/m0/s1. The van der Waals surface area contributed by atoms with Gasteiger partial charge < -0.3 is 11.5 Å². The van der Waals surface area contributed by atoms with Crippen LogP contribution in [0, 0.1) is 0 Å². The number of aryl methyl sites for hydroxylation is 1. The van der Waals surface area contributed by atoms with Gasteiger partial charge in [0.1, 0.15) is 11.3 Å². The molecule has 144 valence electrons. The normalized spacial score (nSPS) is 18.3. The topological polar surface area (TPSA) is 95.6 Å². The Morgan fingerprint density at radius 2 is 1.93 bits per heavy atom. The number of pyridine rings is 2. The highest BCUT2D eigenvalue weighted by atomic mass is 15.1. The zero-order valence-corrected chi connectivity index (χ0v) is 16.0. The van der Waals surface area contributed by atoms with Crippen molar-refractivity contribution in [2.75, 3.05) is 5.73 Å². The van der Waals surface area contributed by atoms with E-state index in [0.717, 1.165) is 41.1 Å². The summed E-state index contributed by atoms with van der Waals surface area (Å²) < 4.78 is 2.10. The minimum atomic E-state index is 0.131. The van der Waals surface area contributed by atoms with Gasteiger partial charge in [-0.05, 0) is 78.6 Å². The van der Waals surface area contributed by atoms with E-state index < -0.39 is 0 Å². The number of nitrogens with two attached hydrogens (primary N) is 2. The smallest absolute Gasteiger partial charge is 0.164 e. The molecule has 0 unspecified atom stereocenters. The predicted octanol–water partition coefficient (Wildman–Crippen LogP) is 3.89. The van der Waals surface area contributed by atoms with Crippen LogP contribution in [0.3, 0.4) is 0 Å². The largest absolute Gasteiger partial charge is 0.383 e. The zero-order valence-electron chi connectivity index (χ0n) is 16.0. The number of nitrogen functional groups attached to an aromatic ring is 1. The number of aromatic nitrogens is 4. The van der Waals surface area contributed by atoms with Crippen LogP contribution in [0.15, 0.2) is 48.8 Å². The first-order valence-corrected chi connectivity index (χ1v) is 10.2. The lowest BCUT2D eigenvalue weighted by molar-refractivity contribution is 0.713. The Hall–Kier alpha value is -3.25. The van der Waals surface area contributed by atoms with Gasteiger partial charge >= 0.3 is 0 Å². The number of rotatable bonds is 3. The van der Waals surface area contributed by atoms with Crippen molar-refractivity contribution in [3.05, 3.63) is 65.5 Å². The van der Waals surface area contributed by atoms with E-state index in [2.05, 4.69) is 33.8 Å². The lowest BCUT2D eigenvalue weighted by atomic mass is 10.1. The summed E-state index contributed by atoms with van der Waals surface area (Å²) in [6.07, 6.45) is 8.17. The fourth-order valence-electron chi connectivity index (χ4n) is 4.43. The van der Waals surface area contributed by atoms with Crippen LogP contribution < -0.4 is 11.5 Å². The van der Waals surface area contributed by atoms with Crippen LogP contribution in [0.5, 0.6) is 0 Å². The maximum absolute atomic E-state index is 6.24. The van der Waals surface area contributed by atoms with Gasteiger partial charge in [0.05, 0.1) is 5.56 Å². The van der Waals surface area contributed by atoms with Crippen molar-refractivity contribution < 1.29 is 0 Å². The molecule has 4 N–H and O–H groups in total. The second-order valence-electron chi connectivity index (χ2n) is 8.12. The molecule has 29 heavy (non-hydrogen) atoms. The fraction of sp³-hybridized carbons (Fsp3) is 0.261. The van der Waals surface area contributed by atoms with Gasteiger partial charge in [-0.25, -0.2) is 15.0 Å². The van der Waals surface area contributed by atoms with Gasteiger partial charge in [0.2, 0.25) is 0 Å². The summed E-state index contributed by atoms with van der Waals surface area (Å²) in [5.74, 6) is 1.87. The number of nitrogens with zero attached hydrogens (tertiary/aromatic N) is 4. The average Bonchev–Trinajstić information content (AvgIpc) is 3.43. The first-order chi connectivity index (χ1) is 14.2. The van der Waals surface area contributed by atoms with E-state index in [1.54, 1.807) is 6.20 Å². The van der Waals surface area contributed by atoms with Crippen molar-refractivity contribution in [3.8, 4) is 17.1 Å². The Morgan fingerprint density at radius 1 is 1.03 bits per heavy atom. The molecule has 1 atom stereocenters. The van der Waals surface area contributed by atoms with Crippen LogP contribution in [0.2, 0.25) is 0 Å². The molecule has 2 aliphatic rings. The second-order valence-corrected chi connectivity index (χ2v) is 8.12. The highest BCUT2D eigenvalue weighted by Gasteiger charge is 2.26. The monoisotopic (exact) mass is 382 g/mol. The molecule has 0 radical (unpaired) electrons. The Morgan fingerprint density at radius 3 is 2.76 bits per heavy atom.